The molecule has 1 aliphatic heterocycles. The topological polar surface area (TPSA) is 57.1 Å². The molecule has 0 bridgehead atoms. The highest BCUT2D eigenvalue weighted by molar-refractivity contribution is 14.1. The Morgan fingerprint density at radius 2 is 1.63 bits per heavy atom. The molecule has 0 amide bonds. The van der Waals surface area contributed by atoms with Crippen molar-refractivity contribution < 1.29 is 19.0 Å². The molecule has 7 heteroatoms. The summed E-state index contributed by atoms with van der Waals surface area (Å²) in [6, 6.07) is 29.3. The summed E-state index contributed by atoms with van der Waals surface area (Å²) in [7, 11) is 0. The minimum absolute atomic E-state index is 0.179. The average Bonchev–Trinajstić information content (AvgIpc) is 3.29. The number of ether oxygens (including phenoxy) is 3. The van der Waals surface area contributed by atoms with E-state index in [0.717, 1.165) is 20.3 Å². The van der Waals surface area contributed by atoms with Crippen molar-refractivity contribution in [1.82, 2.24) is 0 Å². The highest BCUT2D eigenvalue weighted by Gasteiger charge is 2.24. The molecule has 0 spiro atoms. The molecule has 0 atom stereocenters. The van der Waals surface area contributed by atoms with Gasteiger partial charge in [-0.25, -0.2) is 9.79 Å². The van der Waals surface area contributed by atoms with Crippen LogP contribution in [0.4, 0.5) is 0 Å². The molecule has 0 N–H and O–H groups in total. The molecule has 1 heterocycles. The second kappa shape index (κ2) is 11.8. The van der Waals surface area contributed by atoms with Gasteiger partial charge in [0, 0.05) is 9.13 Å². The summed E-state index contributed by atoms with van der Waals surface area (Å²) in [5.41, 5.74) is 4.74. The lowest BCUT2D eigenvalue weighted by atomic mass is 10.0. The highest BCUT2D eigenvalue weighted by Crippen LogP contribution is 2.38. The molecule has 0 aliphatic carbocycles. The molecule has 190 valence electrons. The molecule has 5 nitrogen and oxygen atoms in total. The third-order valence-electron chi connectivity index (χ3n) is 5.77. The molecule has 0 unspecified atom stereocenters. The Balaban J connectivity index is 1.38. The Morgan fingerprint density at radius 1 is 0.895 bits per heavy atom. The minimum Gasteiger partial charge on any atom is -0.490 e. The fourth-order valence-corrected chi connectivity index (χ4v) is 4.86. The molecule has 38 heavy (non-hydrogen) atoms. The minimum atomic E-state index is -0.528. The largest absolute Gasteiger partial charge is 0.490 e. The molecule has 1 aliphatic rings. The Labute approximate surface area is 239 Å². The van der Waals surface area contributed by atoms with Crippen LogP contribution in [0.5, 0.6) is 11.5 Å². The molecule has 4 aromatic carbocycles. The van der Waals surface area contributed by atoms with Crippen LogP contribution in [-0.4, -0.2) is 18.5 Å². The van der Waals surface area contributed by atoms with Crippen LogP contribution in [0.1, 0.15) is 23.6 Å². The van der Waals surface area contributed by atoms with Gasteiger partial charge >= 0.3 is 5.97 Å². The molecule has 0 radical (unpaired) electrons. The summed E-state index contributed by atoms with van der Waals surface area (Å²) in [5, 5.41) is 0.375. The summed E-state index contributed by atoms with van der Waals surface area (Å²) in [6.07, 6.45) is 1.63. The Bertz CT molecular complexity index is 1530. The number of halogens is 2. The smallest absolute Gasteiger partial charge is 0.363 e. The maximum absolute atomic E-state index is 12.6. The number of aliphatic imine (C=N–C) groups is 1. The fraction of sp³-hybridized carbons (Fsp3) is 0.0968. The summed E-state index contributed by atoms with van der Waals surface area (Å²) < 4.78 is 18.4. The summed E-state index contributed by atoms with van der Waals surface area (Å²) >= 11 is 8.86. The number of benzene rings is 4. The van der Waals surface area contributed by atoms with Crippen molar-refractivity contribution in [3.8, 4) is 22.6 Å². The molecular formula is C31H23ClINO4. The van der Waals surface area contributed by atoms with Crippen molar-refractivity contribution >= 4 is 52.1 Å². The normalized spacial score (nSPS) is 13.8. The van der Waals surface area contributed by atoms with Crippen LogP contribution in [0.2, 0.25) is 5.02 Å². The fourth-order valence-electron chi connectivity index (χ4n) is 3.98. The number of hydrogen-bond donors (Lipinski definition) is 0. The van der Waals surface area contributed by atoms with E-state index in [1.807, 2.05) is 85.8 Å². The molecule has 0 saturated carbocycles. The van der Waals surface area contributed by atoms with Crippen LogP contribution < -0.4 is 9.47 Å². The molecule has 0 aromatic heterocycles. The standard InChI is InChI=1S/C31H23ClINO4/c1-2-36-28-18-21(16-26(32)29(28)37-19-20-7-6-10-25(33)15-20)17-27-31(35)38-30(34-27)24-13-11-23(12-14-24)22-8-4-3-5-9-22/h3-18H,2,19H2,1H3/b27-17-. The van der Waals surface area contributed by atoms with Crippen LogP contribution in [0.3, 0.4) is 0 Å². The number of rotatable bonds is 8. The third-order valence-corrected chi connectivity index (χ3v) is 6.72. The van der Waals surface area contributed by atoms with Gasteiger partial charge in [-0.1, -0.05) is 66.2 Å². The zero-order valence-corrected chi connectivity index (χ0v) is 23.4. The summed E-state index contributed by atoms with van der Waals surface area (Å²) in [4.78, 5) is 17.0. The van der Waals surface area contributed by atoms with Crippen molar-refractivity contribution in [2.45, 2.75) is 13.5 Å². The van der Waals surface area contributed by atoms with E-state index in [-0.39, 0.29) is 11.6 Å². The first-order valence-electron chi connectivity index (χ1n) is 12.0. The van der Waals surface area contributed by atoms with E-state index >= 15 is 0 Å². The number of carbonyl (C=O) groups excluding carboxylic acids is 1. The van der Waals surface area contributed by atoms with E-state index < -0.39 is 5.97 Å². The maximum atomic E-state index is 12.6. The lowest BCUT2D eigenvalue weighted by Gasteiger charge is -2.15. The average molecular weight is 636 g/mol. The number of hydrogen-bond acceptors (Lipinski definition) is 5. The first kappa shape index (κ1) is 26.0. The van der Waals surface area contributed by atoms with E-state index in [9.17, 15) is 4.79 Å². The lowest BCUT2D eigenvalue weighted by molar-refractivity contribution is -0.129. The highest BCUT2D eigenvalue weighted by atomic mass is 127. The molecule has 0 fully saturated rings. The van der Waals surface area contributed by atoms with Crippen LogP contribution in [0, 0.1) is 3.57 Å². The summed E-state index contributed by atoms with van der Waals surface area (Å²) in [5.74, 6) is 0.672. The first-order valence-corrected chi connectivity index (χ1v) is 13.5. The SMILES string of the molecule is CCOc1cc(/C=C2\N=C(c3ccc(-c4ccccc4)cc3)OC2=O)cc(Cl)c1OCc1cccc(I)c1. The number of nitrogens with zero attached hydrogens (tertiary/aromatic N) is 1. The number of esters is 1. The van der Waals surface area contributed by atoms with E-state index in [4.69, 9.17) is 25.8 Å². The van der Waals surface area contributed by atoms with Crippen molar-refractivity contribution in [2.24, 2.45) is 4.99 Å². The Morgan fingerprint density at radius 3 is 2.37 bits per heavy atom. The zero-order chi connectivity index (χ0) is 26.5. The van der Waals surface area contributed by atoms with Gasteiger partial charge in [0.1, 0.15) is 6.61 Å². The quantitative estimate of drug-likeness (QED) is 0.112. The Hall–Kier alpha value is -3.62. The van der Waals surface area contributed by atoms with Crippen LogP contribution in [0.25, 0.3) is 17.2 Å². The third kappa shape index (κ3) is 6.09. The van der Waals surface area contributed by atoms with Crippen LogP contribution >= 0.6 is 34.2 Å². The maximum Gasteiger partial charge on any atom is 0.363 e. The van der Waals surface area contributed by atoms with Gasteiger partial charge < -0.3 is 14.2 Å². The van der Waals surface area contributed by atoms with Gasteiger partial charge in [0.25, 0.3) is 0 Å². The van der Waals surface area contributed by atoms with Crippen molar-refractivity contribution in [1.29, 1.82) is 0 Å². The monoisotopic (exact) mass is 635 g/mol. The van der Waals surface area contributed by atoms with Gasteiger partial charge in [-0.15, -0.1) is 0 Å². The zero-order valence-electron chi connectivity index (χ0n) is 20.5. The van der Waals surface area contributed by atoms with E-state index in [2.05, 4.69) is 27.6 Å². The van der Waals surface area contributed by atoms with E-state index in [1.165, 1.54) is 0 Å². The van der Waals surface area contributed by atoms with Gasteiger partial charge in [-0.3, -0.25) is 0 Å². The van der Waals surface area contributed by atoms with Gasteiger partial charge in [0.15, 0.2) is 17.2 Å². The molecule has 0 saturated heterocycles. The first-order chi connectivity index (χ1) is 18.5. The predicted octanol–water partition coefficient (Wildman–Crippen LogP) is 7.93. The molecular weight excluding hydrogens is 613 g/mol. The Kier molecular flexibility index (Phi) is 8.10. The van der Waals surface area contributed by atoms with Crippen LogP contribution in [-0.2, 0) is 16.1 Å². The second-order valence-electron chi connectivity index (χ2n) is 8.46. The number of carbonyl (C=O) groups is 1. The lowest BCUT2D eigenvalue weighted by Crippen LogP contribution is -2.05. The second-order valence-corrected chi connectivity index (χ2v) is 10.1. The van der Waals surface area contributed by atoms with Gasteiger partial charge in [-0.2, -0.15) is 0 Å². The van der Waals surface area contributed by atoms with E-state index in [0.29, 0.717) is 40.9 Å². The van der Waals surface area contributed by atoms with Crippen molar-refractivity contribution in [2.75, 3.05) is 6.61 Å². The molecule has 4 aromatic rings. The van der Waals surface area contributed by atoms with Gasteiger partial charge in [-0.05, 0) is 94.2 Å². The predicted molar refractivity (Wildman–Crippen MR) is 159 cm³/mol. The molecule has 5 rings (SSSR count). The van der Waals surface area contributed by atoms with Crippen molar-refractivity contribution in [3.05, 3.63) is 122 Å². The number of cyclic esters (lactones) is 1. The van der Waals surface area contributed by atoms with Crippen LogP contribution in [0.15, 0.2) is 102 Å². The summed E-state index contributed by atoms with van der Waals surface area (Å²) in [6.45, 7) is 2.66. The van der Waals surface area contributed by atoms with E-state index in [1.54, 1.807) is 18.2 Å². The van der Waals surface area contributed by atoms with Gasteiger partial charge in [0.2, 0.25) is 5.90 Å². The van der Waals surface area contributed by atoms with Gasteiger partial charge in [0.05, 0.1) is 11.6 Å². The van der Waals surface area contributed by atoms with Crippen molar-refractivity contribution in [3.63, 3.8) is 0 Å².